The fraction of sp³-hybridized carbons (Fsp3) is 0.357. The summed E-state index contributed by atoms with van der Waals surface area (Å²) in [6.07, 6.45) is 0. The standard InChI is InChI=1S/C14H18F2N6/c1-8(2)6-22(14-20-12(17)19-13(18)21-14)7-9-3-4-10(15)5-11(9)16/h3-5,8H,6-7H2,1-2H3,(H4,17,18,19,20,21). The van der Waals surface area contributed by atoms with E-state index in [4.69, 9.17) is 11.5 Å². The Hall–Kier alpha value is -2.51. The Morgan fingerprint density at radius 1 is 1.09 bits per heavy atom. The summed E-state index contributed by atoms with van der Waals surface area (Å²) >= 11 is 0. The highest BCUT2D eigenvalue weighted by atomic mass is 19.1. The summed E-state index contributed by atoms with van der Waals surface area (Å²) in [4.78, 5) is 13.5. The van der Waals surface area contributed by atoms with Crippen molar-refractivity contribution in [2.75, 3.05) is 22.9 Å². The highest BCUT2D eigenvalue weighted by molar-refractivity contribution is 5.40. The van der Waals surface area contributed by atoms with Crippen LogP contribution in [-0.2, 0) is 6.54 Å². The van der Waals surface area contributed by atoms with Crippen LogP contribution in [0.25, 0.3) is 0 Å². The zero-order valence-corrected chi connectivity index (χ0v) is 12.4. The number of nitrogen functional groups attached to an aromatic ring is 2. The molecule has 0 bridgehead atoms. The number of hydrogen-bond donors (Lipinski definition) is 2. The van der Waals surface area contributed by atoms with Gasteiger partial charge < -0.3 is 16.4 Å². The molecule has 0 saturated heterocycles. The molecule has 2 aromatic rings. The number of nitrogens with two attached hydrogens (primary N) is 2. The van der Waals surface area contributed by atoms with Crippen molar-refractivity contribution >= 4 is 17.8 Å². The van der Waals surface area contributed by atoms with E-state index in [0.717, 1.165) is 6.07 Å². The Morgan fingerprint density at radius 3 is 2.27 bits per heavy atom. The number of rotatable bonds is 5. The normalized spacial score (nSPS) is 11.0. The average molecular weight is 308 g/mol. The Morgan fingerprint density at radius 2 is 1.73 bits per heavy atom. The lowest BCUT2D eigenvalue weighted by Crippen LogP contribution is -2.30. The molecule has 2 rings (SSSR count). The van der Waals surface area contributed by atoms with Gasteiger partial charge in [0.05, 0.1) is 0 Å². The maximum Gasteiger partial charge on any atom is 0.232 e. The van der Waals surface area contributed by atoms with Gasteiger partial charge in [0.2, 0.25) is 17.8 Å². The van der Waals surface area contributed by atoms with Crippen LogP contribution in [0.5, 0.6) is 0 Å². The first kappa shape index (κ1) is 15.9. The molecule has 0 spiro atoms. The number of anilines is 3. The summed E-state index contributed by atoms with van der Waals surface area (Å²) in [5.74, 6) is -0.717. The number of nitrogens with zero attached hydrogens (tertiary/aromatic N) is 4. The molecule has 0 aliphatic heterocycles. The lowest BCUT2D eigenvalue weighted by atomic mass is 10.1. The van der Waals surface area contributed by atoms with E-state index < -0.39 is 11.6 Å². The van der Waals surface area contributed by atoms with Crippen molar-refractivity contribution < 1.29 is 8.78 Å². The molecule has 118 valence electrons. The Bertz CT molecular complexity index is 642. The van der Waals surface area contributed by atoms with E-state index in [1.54, 1.807) is 4.90 Å². The minimum atomic E-state index is -0.622. The van der Waals surface area contributed by atoms with Crippen LogP contribution in [0.2, 0.25) is 0 Å². The molecule has 22 heavy (non-hydrogen) atoms. The van der Waals surface area contributed by atoms with E-state index in [0.29, 0.717) is 12.1 Å². The molecule has 1 heterocycles. The molecule has 0 aliphatic rings. The van der Waals surface area contributed by atoms with Gasteiger partial charge in [-0.15, -0.1) is 0 Å². The monoisotopic (exact) mass is 308 g/mol. The van der Waals surface area contributed by atoms with Crippen LogP contribution in [-0.4, -0.2) is 21.5 Å². The van der Waals surface area contributed by atoms with Gasteiger partial charge in [-0.25, -0.2) is 8.78 Å². The third-order valence-electron chi connectivity index (χ3n) is 2.90. The molecule has 1 aromatic heterocycles. The maximum absolute atomic E-state index is 13.9. The smallest absolute Gasteiger partial charge is 0.232 e. The van der Waals surface area contributed by atoms with Crippen molar-refractivity contribution in [3.05, 3.63) is 35.4 Å². The predicted molar refractivity (Wildman–Crippen MR) is 80.9 cm³/mol. The molecular weight excluding hydrogens is 290 g/mol. The van der Waals surface area contributed by atoms with Gasteiger partial charge in [0.25, 0.3) is 0 Å². The summed E-state index contributed by atoms with van der Waals surface area (Å²) in [6.45, 7) is 4.73. The van der Waals surface area contributed by atoms with Gasteiger partial charge in [-0.3, -0.25) is 0 Å². The van der Waals surface area contributed by atoms with Gasteiger partial charge in [-0.2, -0.15) is 15.0 Å². The minimum Gasteiger partial charge on any atom is -0.368 e. The summed E-state index contributed by atoms with van der Waals surface area (Å²) < 4.78 is 26.9. The Labute approximate surface area is 127 Å². The quantitative estimate of drug-likeness (QED) is 0.877. The van der Waals surface area contributed by atoms with Crippen molar-refractivity contribution in [3.63, 3.8) is 0 Å². The van der Waals surface area contributed by atoms with Crippen molar-refractivity contribution in [2.24, 2.45) is 5.92 Å². The van der Waals surface area contributed by atoms with Gasteiger partial charge in [0, 0.05) is 24.7 Å². The molecule has 8 heteroatoms. The van der Waals surface area contributed by atoms with E-state index in [9.17, 15) is 8.78 Å². The van der Waals surface area contributed by atoms with Gasteiger partial charge in [0.1, 0.15) is 11.6 Å². The fourth-order valence-corrected chi connectivity index (χ4v) is 2.05. The molecule has 0 amide bonds. The zero-order chi connectivity index (χ0) is 16.3. The first-order valence-corrected chi connectivity index (χ1v) is 6.81. The van der Waals surface area contributed by atoms with E-state index >= 15 is 0 Å². The highest BCUT2D eigenvalue weighted by Crippen LogP contribution is 2.18. The summed E-state index contributed by atoms with van der Waals surface area (Å²) in [7, 11) is 0. The fourth-order valence-electron chi connectivity index (χ4n) is 2.05. The lowest BCUT2D eigenvalue weighted by Gasteiger charge is -2.25. The van der Waals surface area contributed by atoms with Crippen molar-refractivity contribution in [1.29, 1.82) is 0 Å². The zero-order valence-electron chi connectivity index (χ0n) is 12.4. The molecule has 0 atom stereocenters. The van der Waals surface area contributed by atoms with Gasteiger partial charge >= 0.3 is 0 Å². The Balaban J connectivity index is 2.33. The number of aromatic nitrogens is 3. The second-order valence-electron chi connectivity index (χ2n) is 5.36. The predicted octanol–water partition coefficient (Wildman–Crippen LogP) is 1.98. The van der Waals surface area contributed by atoms with Crippen LogP contribution >= 0.6 is 0 Å². The second-order valence-corrected chi connectivity index (χ2v) is 5.36. The van der Waals surface area contributed by atoms with Gasteiger partial charge in [0.15, 0.2) is 0 Å². The van der Waals surface area contributed by atoms with Crippen molar-refractivity contribution in [3.8, 4) is 0 Å². The Kier molecular flexibility index (Phi) is 4.69. The van der Waals surface area contributed by atoms with Crippen molar-refractivity contribution in [2.45, 2.75) is 20.4 Å². The van der Waals surface area contributed by atoms with Crippen LogP contribution < -0.4 is 16.4 Å². The molecule has 0 saturated carbocycles. The van der Waals surface area contributed by atoms with Crippen LogP contribution in [0.4, 0.5) is 26.6 Å². The molecule has 0 unspecified atom stereocenters. The number of hydrogen-bond acceptors (Lipinski definition) is 6. The average Bonchev–Trinajstić information content (AvgIpc) is 2.39. The van der Waals surface area contributed by atoms with Crippen LogP contribution in [0, 0.1) is 17.6 Å². The van der Waals surface area contributed by atoms with Gasteiger partial charge in [-0.05, 0) is 12.0 Å². The number of benzene rings is 1. The van der Waals surface area contributed by atoms with E-state index in [1.807, 2.05) is 13.8 Å². The minimum absolute atomic E-state index is 0.00386. The SMILES string of the molecule is CC(C)CN(Cc1ccc(F)cc1F)c1nc(N)nc(N)n1. The largest absolute Gasteiger partial charge is 0.368 e. The van der Waals surface area contributed by atoms with Gasteiger partial charge in [-0.1, -0.05) is 19.9 Å². The highest BCUT2D eigenvalue weighted by Gasteiger charge is 2.16. The first-order chi connectivity index (χ1) is 10.3. The third kappa shape index (κ3) is 4.00. The molecule has 0 radical (unpaired) electrons. The van der Waals surface area contributed by atoms with E-state index in [1.165, 1.54) is 12.1 Å². The second kappa shape index (κ2) is 6.50. The van der Waals surface area contributed by atoms with Crippen molar-refractivity contribution in [1.82, 2.24) is 15.0 Å². The molecule has 0 aliphatic carbocycles. The third-order valence-corrected chi connectivity index (χ3v) is 2.90. The van der Waals surface area contributed by atoms with E-state index in [2.05, 4.69) is 15.0 Å². The lowest BCUT2D eigenvalue weighted by molar-refractivity contribution is 0.556. The maximum atomic E-state index is 13.9. The summed E-state index contributed by atoms with van der Waals surface area (Å²) in [6, 6.07) is 3.45. The first-order valence-electron chi connectivity index (χ1n) is 6.81. The van der Waals surface area contributed by atoms with Crippen LogP contribution in [0.3, 0.4) is 0 Å². The molecule has 1 aromatic carbocycles. The molecular formula is C14H18F2N6. The number of halogens is 2. The topological polar surface area (TPSA) is 94.0 Å². The summed E-state index contributed by atoms with van der Waals surface area (Å²) in [5, 5.41) is 0. The molecule has 6 nitrogen and oxygen atoms in total. The molecule has 0 fully saturated rings. The summed E-state index contributed by atoms with van der Waals surface area (Å²) in [5.41, 5.74) is 11.5. The van der Waals surface area contributed by atoms with E-state index in [-0.39, 0.29) is 30.3 Å². The van der Waals surface area contributed by atoms with Crippen LogP contribution in [0.15, 0.2) is 18.2 Å². The van der Waals surface area contributed by atoms with Crippen LogP contribution in [0.1, 0.15) is 19.4 Å². The molecule has 4 N–H and O–H groups in total.